The summed E-state index contributed by atoms with van der Waals surface area (Å²) in [6.07, 6.45) is 1.65. The number of aliphatic hydroxyl groups excluding tert-OH is 1. The molecule has 1 aromatic carbocycles. The highest BCUT2D eigenvalue weighted by Crippen LogP contribution is 2.13. The Morgan fingerprint density at radius 2 is 2.00 bits per heavy atom. The largest absolute Gasteiger partial charge is 0.491 e. The molecule has 15 heavy (non-hydrogen) atoms. The number of aryl methyl sites for hydroxylation is 1. The fourth-order valence-corrected chi connectivity index (χ4v) is 1.30. The van der Waals surface area contributed by atoms with Crippen LogP contribution in [0.5, 0.6) is 5.75 Å². The normalized spacial score (nSPS) is 12.5. The van der Waals surface area contributed by atoms with Gasteiger partial charge in [-0.2, -0.15) is 0 Å². The lowest BCUT2D eigenvalue weighted by Crippen LogP contribution is -2.26. The van der Waals surface area contributed by atoms with Gasteiger partial charge < -0.3 is 15.6 Å². The van der Waals surface area contributed by atoms with Gasteiger partial charge >= 0.3 is 0 Å². The predicted octanol–water partition coefficient (Wildman–Crippen LogP) is 1.34. The molecule has 0 bridgehead atoms. The summed E-state index contributed by atoms with van der Waals surface area (Å²) in [6, 6.07) is 7.95. The lowest BCUT2D eigenvalue weighted by molar-refractivity contribution is 0.114. The van der Waals surface area contributed by atoms with Crippen LogP contribution >= 0.6 is 0 Å². The molecule has 84 valence electrons. The first-order chi connectivity index (χ1) is 7.26. The van der Waals surface area contributed by atoms with E-state index in [4.69, 9.17) is 10.5 Å². The molecular weight excluding hydrogens is 190 g/mol. The molecule has 3 nitrogen and oxygen atoms in total. The van der Waals surface area contributed by atoms with Crippen molar-refractivity contribution in [3.05, 3.63) is 29.8 Å². The van der Waals surface area contributed by atoms with Crippen molar-refractivity contribution in [2.75, 3.05) is 13.2 Å². The average molecular weight is 209 g/mol. The van der Waals surface area contributed by atoms with Crippen molar-refractivity contribution in [3.8, 4) is 5.75 Å². The zero-order valence-electron chi connectivity index (χ0n) is 9.15. The van der Waals surface area contributed by atoms with Gasteiger partial charge in [-0.3, -0.25) is 0 Å². The van der Waals surface area contributed by atoms with Gasteiger partial charge in [-0.1, -0.05) is 25.5 Å². The summed E-state index contributed by atoms with van der Waals surface area (Å²) < 4.78 is 5.36. The molecule has 0 heterocycles. The second-order valence-electron chi connectivity index (χ2n) is 3.59. The van der Waals surface area contributed by atoms with E-state index in [1.165, 1.54) is 5.56 Å². The van der Waals surface area contributed by atoms with Crippen molar-refractivity contribution in [1.29, 1.82) is 0 Å². The Morgan fingerprint density at radius 3 is 2.53 bits per heavy atom. The fraction of sp³-hybridized carbons (Fsp3) is 0.500. The predicted molar refractivity (Wildman–Crippen MR) is 61.0 cm³/mol. The SMILES string of the molecule is CCCc1ccc(OC[C@H](O)CN)cc1. The molecule has 0 aromatic heterocycles. The lowest BCUT2D eigenvalue weighted by atomic mass is 10.1. The Bertz CT molecular complexity index is 271. The maximum atomic E-state index is 9.21. The molecule has 0 amide bonds. The molecule has 0 spiro atoms. The van der Waals surface area contributed by atoms with Crippen molar-refractivity contribution >= 4 is 0 Å². The van der Waals surface area contributed by atoms with Crippen molar-refractivity contribution in [2.45, 2.75) is 25.9 Å². The fourth-order valence-electron chi connectivity index (χ4n) is 1.30. The molecule has 0 aliphatic rings. The molecule has 0 saturated heterocycles. The first-order valence-corrected chi connectivity index (χ1v) is 5.36. The van der Waals surface area contributed by atoms with E-state index >= 15 is 0 Å². The minimum Gasteiger partial charge on any atom is -0.491 e. The number of ether oxygens (including phenoxy) is 1. The number of benzene rings is 1. The molecule has 1 aromatic rings. The topological polar surface area (TPSA) is 55.5 Å². The van der Waals surface area contributed by atoms with E-state index in [9.17, 15) is 5.11 Å². The Morgan fingerprint density at radius 1 is 1.33 bits per heavy atom. The smallest absolute Gasteiger partial charge is 0.119 e. The van der Waals surface area contributed by atoms with Gasteiger partial charge in [0, 0.05) is 6.54 Å². The third-order valence-electron chi connectivity index (χ3n) is 2.18. The maximum Gasteiger partial charge on any atom is 0.119 e. The van der Waals surface area contributed by atoms with Crippen molar-refractivity contribution in [2.24, 2.45) is 5.73 Å². The molecule has 1 rings (SSSR count). The molecule has 0 aliphatic heterocycles. The summed E-state index contributed by atoms with van der Waals surface area (Å²) in [7, 11) is 0. The summed E-state index contributed by atoms with van der Waals surface area (Å²) in [5.41, 5.74) is 6.58. The van der Waals surface area contributed by atoms with E-state index in [-0.39, 0.29) is 13.2 Å². The zero-order valence-corrected chi connectivity index (χ0v) is 9.15. The van der Waals surface area contributed by atoms with E-state index in [0.717, 1.165) is 18.6 Å². The van der Waals surface area contributed by atoms with Crippen molar-refractivity contribution in [3.63, 3.8) is 0 Å². The van der Waals surface area contributed by atoms with Crippen LogP contribution in [0.2, 0.25) is 0 Å². The van der Waals surface area contributed by atoms with Gasteiger partial charge in [-0.05, 0) is 24.1 Å². The van der Waals surface area contributed by atoms with E-state index in [1.54, 1.807) is 0 Å². The van der Waals surface area contributed by atoms with Crippen molar-refractivity contribution in [1.82, 2.24) is 0 Å². The highest BCUT2D eigenvalue weighted by molar-refractivity contribution is 5.27. The summed E-state index contributed by atoms with van der Waals surface area (Å²) >= 11 is 0. The Balaban J connectivity index is 2.42. The summed E-state index contributed by atoms with van der Waals surface area (Å²) in [5, 5.41) is 9.21. The third-order valence-corrected chi connectivity index (χ3v) is 2.18. The highest BCUT2D eigenvalue weighted by atomic mass is 16.5. The lowest BCUT2D eigenvalue weighted by Gasteiger charge is -2.10. The van der Waals surface area contributed by atoms with Crippen LogP contribution in [0.15, 0.2) is 24.3 Å². The van der Waals surface area contributed by atoms with Crippen LogP contribution in [0, 0.1) is 0 Å². The first-order valence-electron chi connectivity index (χ1n) is 5.36. The number of nitrogens with two attached hydrogens (primary N) is 1. The van der Waals surface area contributed by atoms with E-state index in [1.807, 2.05) is 24.3 Å². The molecule has 0 saturated carbocycles. The molecule has 3 N–H and O–H groups in total. The zero-order chi connectivity index (χ0) is 11.1. The number of hydrogen-bond acceptors (Lipinski definition) is 3. The van der Waals surface area contributed by atoms with Gasteiger partial charge in [0.15, 0.2) is 0 Å². The van der Waals surface area contributed by atoms with Crippen LogP contribution in [-0.2, 0) is 6.42 Å². The quantitative estimate of drug-likeness (QED) is 0.743. The maximum absolute atomic E-state index is 9.21. The molecule has 0 unspecified atom stereocenters. The molecule has 0 aliphatic carbocycles. The van der Waals surface area contributed by atoms with Gasteiger partial charge in [0.1, 0.15) is 18.5 Å². The highest BCUT2D eigenvalue weighted by Gasteiger charge is 2.01. The second kappa shape index (κ2) is 6.43. The van der Waals surface area contributed by atoms with Crippen LogP contribution in [0.25, 0.3) is 0 Å². The number of aliphatic hydroxyl groups is 1. The first kappa shape index (κ1) is 12.0. The Hall–Kier alpha value is -1.06. The van der Waals surface area contributed by atoms with Crippen LogP contribution in [-0.4, -0.2) is 24.4 Å². The van der Waals surface area contributed by atoms with Crippen LogP contribution in [0.1, 0.15) is 18.9 Å². The van der Waals surface area contributed by atoms with Gasteiger partial charge in [-0.25, -0.2) is 0 Å². The van der Waals surface area contributed by atoms with Gasteiger partial charge in [0.25, 0.3) is 0 Å². The van der Waals surface area contributed by atoms with E-state index < -0.39 is 6.10 Å². The minimum atomic E-state index is -0.583. The van der Waals surface area contributed by atoms with E-state index in [0.29, 0.717) is 0 Å². The number of hydrogen-bond donors (Lipinski definition) is 2. The summed E-state index contributed by atoms with van der Waals surface area (Å²) in [6.45, 7) is 2.64. The molecule has 3 heteroatoms. The van der Waals surface area contributed by atoms with E-state index in [2.05, 4.69) is 6.92 Å². The van der Waals surface area contributed by atoms with Gasteiger partial charge in [0.05, 0.1) is 0 Å². The summed E-state index contributed by atoms with van der Waals surface area (Å²) in [5.74, 6) is 0.780. The number of rotatable bonds is 6. The Labute approximate surface area is 90.9 Å². The molecule has 0 fully saturated rings. The van der Waals surface area contributed by atoms with Crippen LogP contribution in [0.4, 0.5) is 0 Å². The minimum absolute atomic E-state index is 0.230. The molecule has 1 atom stereocenters. The van der Waals surface area contributed by atoms with Gasteiger partial charge in [-0.15, -0.1) is 0 Å². The summed E-state index contributed by atoms with van der Waals surface area (Å²) in [4.78, 5) is 0. The molecule has 0 radical (unpaired) electrons. The molecular formula is C12H19NO2. The van der Waals surface area contributed by atoms with Crippen LogP contribution < -0.4 is 10.5 Å². The van der Waals surface area contributed by atoms with Crippen molar-refractivity contribution < 1.29 is 9.84 Å². The van der Waals surface area contributed by atoms with Crippen LogP contribution in [0.3, 0.4) is 0 Å². The average Bonchev–Trinajstić information content (AvgIpc) is 2.28. The standard InChI is InChI=1S/C12H19NO2/c1-2-3-10-4-6-12(7-5-10)15-9-11(14)8-13/h4-7,11,14H,2-3,8-9,13H2,1H3/t11-/m1/s1. The monoisotopic (exact) mass is 209 g/mol. The van der Waals surface area contributed by atoms with Gasteiger partial charge in [0.2, 0.25) is 0 Å². The Kier molecular flexibility index (Phi) is 5.15. The third kappa shape index (κ3) is 4.32. The second-order valence-corrected chi connectivity index (χ2v) is 3.59.